The van der Waals surface area contributed by atoms with Gasteiger partial charge in [-0.15, -0.1) is 0 Å². The Hall–Kier alpha value is -3.60. The number of hydrogen-bond acceptors (Lipinski definition) is 2. The van der Waals surface area contributed by atoms with Crippen molar-refractivity contribution in [1.82, 2.24) is 9.47 Å². The van der Waals surface area contributed by atoms with Crippen LogP contribution in [0.3, 0.4) is 0 Å². The van der Waals surface area contributed by atoms with Gasteiger partial charge in [-0.05, 0) is 22.4 Å². The van der Waals surface area contributed by atoms with Crippen LogP contribution in [-0.4, -0.2) is 33.0 Å². The summed E-state index contributed by atoms with van der Waals surface area (Å²) in [4.78, 5) is 26.3. The van der Waals surface area contributed by atoms with Gasteiger partial charge in [-0.3, -0.25) is 9.59 Å². The lowest BCUT2D eigenvalue weighted by molar-refractivity contribution is -0.137. The molecule has 150 valence electrons. The summed E-state index contributed by atoms with van der Waals surface area (Å²) in [5.74, 6) is -0.751. The molecule has 0 radical (unpaired) electrons. The minimum absolute atomic E-state index is 0.0547. The molecule has 5 rings (SSSR count). The molecule has 1 N–H and O–H groups in total. The number of rotatable bonds is 4. The number of aliphatic carboxylic acids is 1. The molecule has 0 aliphatic carbocycles. The lowest BCUT2D eigenvalue weighted by Gasteiger charge is -2.28. The average molecular weight is 398 g/mol. The number of carbonyl (C=O) groups is 2. The molecule has 1 aliphatic heterocycles. The number of para-hydroxylation sites is 1. The van der Waals surface area contributed by atoms with E-state index in [0.29, 0.717) is 25.9 Å². The van der Waals surface area contributed by atoms with Crippen molar-refractivity contribution in [3.05, 3.63) is 83.6 Å². The number of fused-ring (bicyclic) bond motifs is 4. The van der Waals surface area contributed by atoms with Crippen LogP contribution in [0.5, 0.6) is 0 Å². The molecule has 0 atom stereocenters. The third kappa shape index (κ3) is 3.22. The first-order chi connectivity index (χ1) is 14.6. The first-order valence-electron chi connectivity index (χ1n) is 10.2. The predicted octanol–water partition coefficient (Wildman–Crippen LogP) is 4.01. The maximum absolute atomic E-state index is 13.1. The highest BCUT2D eigenvalue weighted by Crippen LogP contribution is 2.31. The molecule has 0 saturated carbocycles. The zero-order valence-electron chi connectivity index (χ0n) is 16.5. The first-order valence-corrected chi connectivity index (χ1v) is 10.2. The number of nitrogens with zero attached hydrogens (tertiary/aromatic N) is 2. The van der Waals surface area contributed by atoms with Crippen molar-refractivity contribution in [3.8, 4) is 0 Å². The highest BCUT2D eigenvalue weighted by molar-refractivity contribution is 5.89. The van der Waals surface area contributed by atoms with E-state index in [-0.39, 0.29) is 12.5 Å². The number of benzene rings is 3. The molecule has 0 unspecified atom stereocenters. The smallest absolute Gasteiger partial charge is 0.323 e. The highest BCUT2D eigenvalue weighted by Gasteiger charge is 2.27. The van der Waals surface area contributed by atoms with Gasteiger partial charge in [-0.2, -0.15) is 0 Å². The van der Waals surface area contributed by atoms with Gasteiger partial charge in [0, 0.05) is 41.7 Å². The predicted molar refractivity (Wildman–Crippen MR) is 116 cm³/mol. The third-order valence-corrected chi connectivity index (χ3v) is 5.98. The third-order valence-electron chi connectivity index (χ3n) is 5.98. The molecule has 5 nitrogen and oxygen atoms in total. The van der Waals surface area contributed by atoms with Crippen molar-refractivity contribution in [2.45, 2.75) is 25.9 Å². The number of carbonyl (C=O) groups excluding carboxylic acids is 1. The Morgan fingerprint density at radius 1 is 0.933 bits per heavy atom. The second kappa shape index (κ2) is 7.34. The summed E-state index contributed by atoms with van der Waals surface area (Å²) < 4.78 is 1.89. The molecule has 4 aromatic rings. The quantitative estimate of drug-likeness (QED) is 0.565. The number of amides is 1. The number of carboxylic acids is 1. The largest absolute Gasteiger partial charge is 0.480 e. The molecule has 0 bridgehead atoms. The van der Waals surface area contributed by atoms with Gasteiger partial charge < -0.3 is 14.6 Å². The fourth-order valence-corrected chi connectivity index (χ4v) is 4.56. The van der Waals surface area contributed by atoms with Gasteiger partial charge in [-0.1, -0.05) is 60.7 Å². The molecular formula is C25H22N2O3. The van der Waals surface area contributed by atoms with E-state index in [1.807, 2.05) is 51.9 Å². The van der Waals surface area contributed by atoms with Crippen molar-refractivity contribution in [1.29, 1.82) is 0 Å². The monoisotopic (exact) mass is 398 g/mol. The van der Waals surface area contributed by atoms with Crippen LogP contribution in [-0.2, 0) is 35.5 Å². The zero-order valence-corrected chi connectivity index (χ0v) is 16.5. The molecule has 0 fully saturated rings. The molecule has 1 aliphatic rings. The van der Waals surface area contributed by atoms with E-state index in [1.54, 1.807) is 0 Å². The van der Waals surface area contributed by atoms with Crippen LogP contribution in [0.1, 0.15) is 16.8 Å². The molecule has 0 spiro atoms. The van der Waals surface area contributed by atoms with Gasteiger partial charge >= 0.3 is 5.97 Å². The second-order valence-corrected chi connectivity index (χ2v) is 7.85. The van der Waals surface area contributed by atoms with Crippen LogP contribution in [0.4, 0.5) is 0 Å². The Bertz CT molecular complexity index is 1290. The van der Waals surface area contributed by atoms with E-state index < -0.39 is 5.97 Å². The molecule has 3 aromatic carbocycles. The van der Waals surface area contributed by atoms with Gasteiger partial charge in [0.1, 0.15) is 6.54 Å². The topological polar surface area (TPSA) is 62.5 Å². The van der Waals surface area contributed by atoms with Crippen molar-refractivity contribution < 1.29 is 14.7 Å². The summed E-state index contributed by atoms with van der Waals surface area (Å²) in [6, 6.07) is 22.2. The van der Waals surface area contributed by atoms with Gasteiger partial charge in [-0.25, -0.2) is 0 Å². The molecule has 1 amide bonds. The summed E-state index contributed by atoms with van der Waals surface area (Å²) in [6.07, 6.45) is 1.04. The standard InChI is InChI=1S/C25H22N2O3/c28-24(14-17-9-10-18-5-1-2-6-19(18)13-17)26-12-11-23-21(15-26)20-7-3-4-8-22(20)27(23)16-25(29)30/h1-10,13H,11-12,14-16H2,(H,29,30). The number of hydrogen-bond donors (Lipinski definition) is 1. The van der Waals surface area contributed by atoms with Crippen LogP contribution in [0.15, 0.2) is 66.7 Å². The van der Waals surface area contributed by atoms with Gasteiger partial charge in [0.25, 0.3) is 0 Å². The van der Waals surface area contributed by atoms with Crippen LogP contribution < -0.4 is 0 Å². The van der Waals surface area contributed by atoms with Crippen LogP contribution in [0.25, 0.3) is 21.7 Å². The Kier molecular flexibility index (Phi) is 4.51. The Morgan fingerprint density at radius 2 is 1.70 bits per heavy atom. The Labute approximate surface area is 174 Å². The minimum Gasteiger partial charge on any atom is -0.480 e. The number of carboxylic acid groups (broad SMARTS) is 1. The van der Waals surface area contributed by atoms with Gasteiger partial charge in [0.2, 0.25) is 5.91 Å². The lowest BCUT2D eigenvalue weighted by Crippen LogP contribution is -2.37. The highest BCUT2D eigenvalue weighted by atomic mass is 16.4. The molecule has 5 heteroatoms. The summed E-state index contributed by atoms with van der Waals surface area (Å²) in [7, 11) is 0. The normalized spacial score (nSPS) is 13.5. The first kappa shape index (κ1) is 18.4. The van der Waals surface area contributed by atoms with E-state index in [4.69, 9.17) is 0 Å². The Balaban J connectivity index is 1.42. The van der Waals surface area contributed by atoms with Crippen molar-refractivity contribution in [2.24, 2.45) is 0 Å². The molecular weight excluding hydrogens is 376 g/mol. The van der Waals surface area contributed by atoms with Crippen molar-refractivity contribution in [3.63, 3.8) is 0 Å². The second-order valence-electron chi connectivity index (χ2n) is 7.85. The maximum atomic E-state index is 13.1. The van der Waals surface area contributed by atoms with E-state index in [0.717, 1.165) is 33.1 Å². The van der Waals surface area contributed by atoms with Gasteiger partial charge in [0.15, 0.2) is 0 Å². The van der Waals surface area contributed by atoms with Crippen molar-refractivity contribution >= 4 is 33.6 Å². The molecule has 30 heavy (non-hydrogen) atoms. The van der Waals surface area contributed by atoms with E-state index >= 15 is 0 Å². The van der Waals surface area contributed by atoms with E-state index in [2.05, 4.69) is 24.3 Å². The van der Waals surface area contributed by atoms with Crippen LogP contribution in [0, 0.1) is 0 Å². The summed E-state index contributed by atoms with van der Waals surface area (Å²) in [5, 5.41) is 12.7. The summed E-state index contributed by atoms with van der Waals surface area (Å²) >= 11 is 0. The molecule has 2 heterocycles. The Morgan fingerprint density at radius 3 is 2.53 bits per heavy atom. The zero-order chi connectivity index (χ0) is 20.7. The lowest BCUT2D eigenvalue weighted by atomic mass is 10.0. The van der Waals surface area contributed by atoms with Gasteiger partial charge in [0.05, 0.1) is 6.42 Å². The summed E-state index contributed by atoms with van der Waals surface area (Å²) in [6.45, 7) is 1.07. The fraction of sp³-hybridized carbons (Fsp3) is 0.200. The molecule has 0 saturated heterocycles. The fourth-order valence-electron chi connectivity index (χ4n) is 4.56. The van der Waals surface area contributed by atoms with E-state index in [1.165, 1.54) is 5.39 Å². The molecule has 1 aromatic heterocycles. The maximum Gasteiger partial charge on any atom is 0.323 e. The van der Waals surface area contributed by atoms with Crippen LogP contribution in [0.2, 0.25) is 0 Å². The minimum atomic E-state index is -0.853. The SMILES string of the molecule is O=C(O)Cn1c2c(c3ccccc31)CN(C(=O)Cc1ccc3ccccc3c1)CC2. The average Bonchev–Trinajstić information content (AvgIpc) is 3.06. The van der Waals surface area contributed by atoms with Crippen LogP contribution >= 0.6 is 0 Å². The van der Waals surface area contributed by atoms with Crippen molar-refractivity contribution in [2.75, 3.05) is 6.54 Å². The number of aromatic nitrogens is 1. The van der Waals surface area contributed by atoms with E-state index in [9.17, 15) is 14.7 Å². The summed E-state index contributed by atoms with van der Waals surface area (Å²) in [5.41, 5.74) is 4.05.